The van der Waals surface area contributed by atoms with E-state index in [9.17, 15) is 4.79 Å². The van der Waals surface area contributed by atoms with Crippen molar-refractivity contribution in [1.82, 2.24) is 0 Å². The third-order valence-electron chi connectivity index (χ3n) is 2.81. The molecular formula is C15H12BrClO4. The number of benzene rings is 2. The van der Waals surface area contributed by atoms with E-state index in [0.29, 0.717) is 10.8 Å². The van der Waals surface area contributed by atoms with E-state index in [0.717, 1.165) is 10.0 Å². The Morgan fingerprint density at radius 1 is 1.29 bits per heavy atom. The molecule has 0 saturated heterocycles. The van der Waals surface area contributed by atoms with E-state index in [2.05, 4.69) is 15.9 Å². The number of carboxylic acids is 1. The van der Waals surface area contributed by atoms with Crippen molar-refractivity contribution in [3.8, 4) is 11.5 Å². The minimum atomic E-state index is -1.09. The van der Waals surface area contributed by atoms with Gasteiger partial charge in [0.25, 0.3) is 0 Å². The van der Waals surface area contributed by atoms with Crippen LogP contribution in [0, 0.1) is 0 Å². The van der Waals surface area contributed by atoms with Crippen LogP contribution < -0.4 is 9.47 Å². The van der Waals surface area contributed by atoms with Crippen molar-refractivity contribution < 1.29 is 19.4 Å². The van der Waals surface area contributed by atoms with Gasteiger partial charge in [0.2, 0.25) is 0 Å². The number of hydrogen-bond donors (Lipinski definition) is 1. The summed E-state index contributed by atoms with van der Waals surface area (Å²) in [6.45, 7) is 0.208. The molecule has 0 amide bonds. The SMILES string of the molecule is COc1ccc(Br)c(COc2ccc(Cl)cc2C(=O)O)c1. The van der Waals surface area contributed by atoms with E-state index in [-0.39, 0.29) is 17.9 Å². The number of halogens is 2. The van der Waals surface area contributed by atoms with Gasteiger partial charge in [0.1, 0.15) is 23.7 Å². The lowest BCUT2D eigenvalue weighted by Gasteiger charge is -2.11. The summed E-state index contributed by atoms with van der Waals surface area (Å²) in [5, 5.41) is 9.51. The van der Waals surface area contributed by atoms with Crippen molar-refractivity contribution in [3.63, 3.8) is 0 Å². The molecule has 110 valence electrons. The summed E-state index contributed by atoms with van der Waals surface area (Å²) in [5.74, 6) is -0.120. The Kier molecular flexibility index (Phi) is 5.09. The Balaban J connectivity index is 2.22. The van der Waals surface area contributed by atoms with Crippen LogP contribution in [0.3, 0.4) is 0 Å². The number of methoxy groups -OCH3 is 1. The molecule has 6 heteroatoms. The van der Waals surface area contributed by atoms with Gasteiger partial charge >= 0.3 is 5.97 Å². The molecule has 0 spiro atoms. The molecule has 21 heavy (non-hydrogen) atoms. The maximum atomic E-state index is 11.2. The van der Waals surface area contributed by atoms with Crippen LogP contribution in [0.25, 0.3) is 0 Å². The molecule has 0 fully saturated rings. The molecule has 2 aromatic rings. The zero-order chi connectivity index (χ0) is 15.4. The highest BCUT2D eigenvalue weighted by Gasteiger charge is 2.13. The molecule has 0 atom stereocenters. The second-order valence-electron chi connectivity index (χ2n) is 4.19. The average molecular weight is 372 g/mol. The maximum Gasteiger partial charge on any atom is 0.339 e. The highest BCUT2D eigenvalue weighted by atomic mass is 79.9. The van der Waals surface area contributed by atoms with E-state index >= 15 is 0 Å². The van der Waals surface area contributed by atoms with Crippen molar-refractivity contribution in [2.24, 2.45) is 0 Å². The van der Waals surface area contributed by atoms with E-state index < -0.39 is 5.97 Å². The molecule has 0 heterocycles. The number of ether oxygens (including phenoxy) is 2. The summed E-state index contributed by atoms with van der Waals surface area (Å²) in [4.78, 5) is 11.2. The lowest BCUT2D eigenvalue weighted by Crippen LogP contribution is -2.04. The van der Waals surface area contributed by atoms with Crippen molar-refractivity contribution in [1.29, 1.82) is 0 Å². The van der Waals surface area contributed by atoms with Crippen LogP contribution in [0.15, 0.2) is 40.9 Å². The summed E-state index contributed by atoms with van der Waals surface area (Å²) >= 11 is 9.22. The minimum Gasteiger partial charge on any atom is -0.497 e. The molecule has 2 rings (SSSR count). The summed E-state index contributed by atoms with van der Waals surface area (Å²) in [7, 11) is 1.58. The van der Waals surface area contributed by atoms with Crippen molar-refractivity contribution in [2.75, 3.05) is 7.11 Å². The van der Waals surface area contributed by atoms with Gasteiger partial charge in [-0.25, -0.2) is 4.79 Å². The highest BCUT2D eigenvalue weighted by Crippen LogP contribution is 2.27. The number of aromatic carboxylic acids is 1. The maximum absolute atomic E-state index is 11.2. The van der Waals surface area contributed by atoms with Gasteiger partial charge in [0, 0.05) is 15.1 Å². The largest absolute Gasteiger partial charge is 0.497 e. The molecule has 0 radical (unpaired) electrons. The third-order valence-corrected chi connectivity index (χ3v) is 3.82. The average Bonchev–Trinajstić information content (AvgIpc) is 2.47. The van der Waals surface area contributed by atoms with Crippen LogP contribution in [-0.4, -0.2) is 18.2 Å². The number of carboxylic acid groups (broad SMARTS) is 1. The second-order valence-corrected chi connectivity index (χ2v) is 5.48. The van der Waals surface area contributed by atoms with E-state index in [1.165, 1.54) is 6.07 Å². The molecule has 4 nitrogen and oxygen atoms in total. The molecular weight excluding hydrogens is 360 g/mol. The summed E-state index contributed by atoms with van der Waals surface area (Å²) in [6, 6.07) is 9.97. The van der Waals surface area contributed by atoms with Gasteiger partial charge in [-0.1, -0.05) is 27.5 Å². The first-order valence-electron chi connectivity index (χ1n) is 5.99. The smallest absolute Gasteiger partial charge is 0.339 e. The predicted molar refractivity (Wildman–Crippen MR) is 83.4 cm³/mol. The summed E-state index contributed by atoms with van der Waals surface area (Å²) in [6.07, 6.45) is 0. The Morgan fingerprint density at radius 3 is 2.71 bits per heavy atom. The number of hydrogen-bond acceptors (Lipinski definition) is 3. The van der Waals surface area contributed by atoms with E-state index in [1.54, 1.807) is 19.2 Å². The van der Waals surface area contributed by atoms with Gasteiger partial charge in [-0.2, -0.15) is 0 Å². The summed E-state index contributed by atoms with van der Waals surface area (Å²) < 4.78 is 11.6. The first-order valence-corrected chi connectivity index (χ1v) is 7.16. The molecule has 0 saturated carbocycles. The van der Waals surface area contributed by atoms with Gasteiger partial charge in [0.05, 0.1) is 7.11 Å². The Hall–Kier alpha value is -1.72. The van der Waals surface area contributed by atoms with Crippen LogP contribution in [0.5, 0.6) is 11.5 Å². The fourth-order valence-corrected chi connectivity index (χ4v) is 2.27. The Labute approximate surface area is 135 Å². The van der Waals surface area contributed by atoms with Gasteiger partial charge in [0.15, 0.2) is 0 Å². The second kappa shape index (κ2) is 6.83. The van der Waals surface area contributed by atoms with Crippen LogP contribution >= 0.6 is 27.5 Å². The van der Waals surface area contributed by atoms with Crippen LogP contribution in [-0.2, 0) is 6.61 Å². The molecule has 0 aromatic heterocycles. The van der Waals surface area contributed by atoms with Gasteiger partial charge in [-0.05, 0) is 36.4 Å². The Bertz CT molecular complexity index is 673. The van der Waals surface area contributed by atoms with Crippen molar-refractivity contribution in [3.05, 3.63) is 57.0 Å². The highest BCUT2D eigenvalue weighted by molar-refractivity contribution is 9.10. The topological polar surface area (TPSA) is 55.8 Å². The number of rotatable bonds is 5. The molecule has 0 bridgehead atoms. The zero-order valence-corrected chi connectivity index (χ0v) is 13.4. The van der Waals surface area contributed by atoms with Gasteiger partial charge in [-0.3, -0.25) is 0 Å². The van der Waals surface area contributed by atoms with Crippen LogP contribution in [0.4, 0.5) is 0 Å². The normalized spacial score (nSPS) is 10.2. The van der Waals surface area contributed by atoms with Crippen LogP contribution in [0.1, 0.15) is 15.9 Å². The first kappa shape index (κ1) is 15.7. The molecule has 0 unspecified atom stereocenters. The predicted octanol–water partition coefficient (Wildman–Crippen LogP) is 4.39. The first-order chi connectivity index (χ1) is 10.0. The molecule has 1 N–H and O–H groups in total. The Morgan fingerprint density at radius 2 is 2.05 bits per heavy atom. The lowest BCUT2D eigenvalue weighted by molar-refractivity contribution is 0.0691. The van der Waals surface area contributed by atoms with Gasteiger partial charge in [-0.15, -0.1) is 0 Å². The molecule has 0 aliphatic carbocycles. The van der Waals surface area contributed by atoms with Crippen molar-refractivity contribution >= 4 is 33.5 Å². The van der Waals surface area contributed by atoms with Crippen LogP contribution in [0.2, 0.25) is 5.02 Å². The van der Waals surface area contributed by atoms with Gasteiger partial charge < -0.3 is 14.6 Å². The fourth-order valence-electron chi connectivity index (χ4n) is 1.74. The number of carbonyl (C=O) groups is 1. The fraction of sp³-hybridized carbons (Fsp3) is 0.133. The van der Waals surface area contributed by atoms with E-state index in [1.807, 2.05) is 18.2 Å². The lowest BCUT2D eigenvalue weighted by atomic mass is 10.2. The summed E-state index contributed by atoms with van der Waals surface area (Å²) in [5.41, 5.74) is 0.877. The standard InChI is InChI=1S/C15H12BrClO4/c1-20-11-3-4-13(16)9(6-11)8-21-14-5-2-10(17)7-12(14)15(18)19/h2-7H,8H2,1H3,(H,18,19). The minimum absolute atomic E-state index is 0.0292. The quantitative estimate of drug-likeness (QED) is 0.847. The monoisotopic (exact) mass is 370 g/mol. The van der Waals surface area contributed by atoms with Crippen molar-refractivity contribution in [2.45, 2.75) is 6.61 Å². The molecule has 0 aliphatic rings. The molecule has 2 aromatic carbocycles. The van der Waals surface area contributed by atoms with E-state index in [4.69, 9.17) is 26.2 Å². The third kappa shape index (κ3) is 3.89. The molecule has 0 aliphatic heterocycles. The zero-order valence-electron chi connectivity index (χ0n) is 11.1.